The Morgan fingerprint density at radius 2 is 1.17 bits per heavy atom. The molecule has 0 saturated carbocycles. The number of carbonyl (C=O) groups is 5. The summed E-state index contributed by atoms with van der Waals surface area (Å²) >= 11 is 0. The lowest BCUT2D eigenvalue weighted by Crippen LogP contribution is -2.53. The van der Waals surface area contributed by atoms with E-state index in [9.17, 15) is 24.0 Å². The number of carbonyl (C=O) groups excluding carboxylic acids is 5. The van der Waals surface area contributed by atoms with E-state index in [1.54, 1.807) is 6.92 Å². The molecule has 4 N–H and O–H groups in total. The van der Waals surface area contributed by atoms with Gasteiger partial charge in [-0.1, -0.05) is 139 Å². The van der Waals surface area contributed by atoms with Crippen LogP contribution in [0.3, 0.4) is 0 Å². The van der Waals surface area contributed by atoms with Crippen molar-refractivity contribution in [1.82, 2.24) is 26.2 Å². The van der Waals surface area contributed by atoms with E-state index in [0.717, 1.165) is 25.7 Å². The molecule has 2 aliphatic rings. The third-order valence-electron chi connectivity index (χ3n) is 10.7. The zero-order valence-corrected chi connectivity index (χ0v) is 38.1. The number of Topliss-reactive ketones (excluding diaryl/α,β-unsaturated/α-hetero) is 1. The van der Waals surface area contributed by atoms with E-state index in [2.05, 4.69) is 76.4 Å². The number of rotatable bonds is 24. The molecule has 3 atom stereocenters. The Balaban J connectivity index is 0.000000682. The second kappa shape index (κ2) is 30.0. The summed E-state index contributed by atoms with van der Waals surface area (Å²) in [7, 11) is 0. The highest BCUT2D eigenvalue weighted by atomic mass is 16.6. The fourth-order valence-electron chi connectivity index (χ4n) is 7.01. The van der Waals surface area contributed by atoms with E-state index < -0.39 is 35.4 Å². The molecule has 11 heteroatoms. The quantitative estimate of drug-likeness (QED) is 0.0633. The molecule has 0 bridgehead atoms. The third kappa shape index (κ3) is 24.2. The number of amides is 4. The second-order valence-corrected chi connectivity index (χ2v) is 17.5. The van der Waals surface area contributed by atoms with E-state index >= 15 is 0 Å². The molecule has 4 rings (SSSR count). The van der Waals surface area contributed by atoms with Crippen LogP contribution in [0.4, 0.5) is 0 Å². The zero-order valence-electron chi connectivity index (χ0n) is 38.1. The third-order valence-corrected chi connectivity index (χ3v) is 10.7. The first-order valence-corrected chi connectivity index (χ1v) is 22.8. The largest absolute Gasteiger partial charge is 0.361 e. The standard InChI is InChI=1S/C34H61N5O6.C8H10.C7H8/c1-25(2)20-27(32(43)34(5)24-45-34)37-31(42)23-36-33(44)28(21-26(3)4)38-30(41)22-35-29(40)16-12-9-7-6-8-10-13-17-39-18-14-11-15-19-39;1-2-8-6-4-3-5-7-8;1-7-5-3-2-4-6-7/h25-28H,6-24H2,1-5H3,(H,35,40)(H,36,44)(H,37,42)(H,38,41);3-7H,2H2,1H3;2-6H,1H3/t27-,28-,34+;;/m0../s1. The highest BCUT2D eigenvalue weighted by Gasteiger charge is 2.50. The Bertz CT molecular complexity index is 1510. The van der Waals surface area contributed by atoms with Gasteiger partial charge >= 0.3 is 0 Å². The number of benzene rings is 2. The summed E-state index contributed by atoms with van der Waals surface area (Å²) < 4.78 is 5.26. The van der Waals surface area contributed by atoms with Crippen molar-refractivity contribution in [2.24, 2.45) is 11.8 Å². The van der Waals surface area contributed by atoms with Gasteiger partial charge in [-0.15, -0.1) is 0 Å². The molecular formula is C49H79N5O6. The summed E-state index contributed by atoms with van der Waals surface area (Å²) in [6.45, 7) is 17.3. The highest BCUT2D eigenvalue weighted by Crippen LogP contribution is 2.29. The molecule has 0 unspecified atom stereocenters. The Kier molecular flexibility index (Phi) is 26.0. The molecule has 2 heterocycles. The van der Waals surface area contributed by atoms with Gasteiger partial charge < -0.3 is 30.9 Å². The number of nitrogens with one attached hydrogen (secondary N) is 4. The second-order valence-electron chi connectivity index (χ2n) is 17.5. The molecule has 2 aliphatic heterocycles. The molecule has 2 saturated heterocycles. The number of epoxide rings is 1. The van der Waals surface area contributed by atoms with Gasteiger partial charge in [-0.05, 0) is 95.8 Å². The normalized spacial score (nSPS) is 16.9. The van der Waals surface area contributed by atoms with Crippen LogP contribution >= 0.6 is 0 Å². The maximum absolute atomic E-state index is 12.9. The van der Waals surface area contributed by atoms with Gasteiger partial charge in [0.05, 0.1) is 25.7 Å². The summed E-state index contributed by atoms with van der Waals surface area (Å²) in [5.41, 5.74) is 1.87. The van der Waals surface area contributed by atoms with Gasteiger partial charge in [0.2, 0.25) is 23.6 Å². The van der Waals surface area contributed by atoms with E-state index in [0.29, 0.717) is 25.9 Å². The number of ketones is 1. The molecule has 60 heavy (non-hydrogen) atoms. The first-order valence-electron chi connectivity index (χ1n) is 22.8. The number of nitrogens with zero attached hydrogens (tertiary/aromatic N) is 1. The number of likely N-dealkylation sites (tertiary alicyclic amines) is 1. The van der Waals surface area contributed by atoms with E-state index in [1.807, 2.05) is 52.0 Å². The lowest BCUT2D eigenvalue weighted by Gasteiger charge is -2.26. The fraction of sp³-hybridized carbons (Fsp3) is 0.653. The van der Waals surface area contributed by atoms with Crippen LogP contribution in [0.25, 0.3) is 0 Å². The molecule has 0 aliphatic carbocycles. The SMILES string of the molecule is CC(C)C[C@H](NC(=O)CNC(=O)CCCCCCCCCN1CCCCC1)C(=O)NCC(=O)N[C@@H](CC(C)C)C(=O)[C@@]1(C)CO1.CCc1ccccc1.Cc1ccccc1. The summed E-state index contributed by atoms with van der Waals surface area (Å²) in [6, 6.07) is 19.2. The Hall–Kier alpha value is -4.09. The average Bonchev–Trinajstić information content (AvgIpc) is 3.99. The minimum absolute atomic E-state index is 0.103. The number of unbranched alkanes of at least 4 members (excludes halogenated alkanes) is 6. The van der Waals surface area contributed by atoms with Gasteiger partial charge in [-0.3, -0.25) is 24.0 Å². The minimum Gasteiger partial charge on any atom is -0.361 e. The summed E-state index contributed by atoms with van der Waals surface area (Å²) in [5, 5.41) is 10.7. The van der Waals surface area contributed by atoms with Crippen LogP contribution in [-0.2, 0) is 35.1 Å². The molecule has 336 valence electrons. The van der Waals surface area contributed by atoms with Crippen molar-refractivity contribution >= 4 is 29.4 Å². The number of piperidine rings is 1. The van der Waals surface area contributed by atoms with Crippen LogP contribution in [0.15, 0.2) is 60.7 Å². The minimum atomic E-state index is -0.857. The molecule has 4 amide bonds. The van der Waals surface area contributed by atoms with Crippen molar-refractivity contribution < 1.29 is 28.7 Å². The summed E-state index contributed by atoms with van der Waals surface area (Å²) in [6.07, 6.45) is 14.3. The molecule has 0 aromatic heterocycles. The van der Waals surface area contributed by atoms with E-state index in [4.69, 9.17) is 4.74 Å². The predicted octanol–water partition coefficient (Wildman–Crippen LogP) is 7.49. The van der Waals surface area contributed by atoms with Crippen molar-refractivity contribution in [3.05, 3.63) is 71.8 Å². The van der Waals surface area contributed by atoms with Gasteiger partial charge in [0.25, 0.3) is 0 Å². The Morgan fingerprint density at radius 1 is 0.667 bits per heavy atom. The van der Waals surface area contributed by atoms with E-state index in [1.165, 1.54) is 75.7 Å². The topological polar surface area (TPSA) is 149 Å². The predicted molar refractivity (Wildman–Crippen MR) is 242 cm³/mol. The van der Waals surface area contributed by atoms with Crippen LogP contribution in [0.1, 0.15) is 136 Å². The highest BCUT2D eigenvalue weighted by molar-refractivity contribution is 5.97. The zero-order chi connectivity index (χ0) is 44.2. The van der Waals surface area contributed by atoms with Crippen LogP contribution in [0.2, 0.25) is 0 Å². The van der Waals surface area contributed by atoms with Crippen molar-refractivity contribution in [3.8, 4) is 0 Å². The van der Waals surface area contributed by atoms with Gasteiger partial charge in [0.1, 0.15) is 11.6 Å². The molecule has 2 fully saturated rings. The Labute approximate surface area is 362 Å². The number of hydrogen-bond donors (Lipinski definition) is 4. The van der Waals surface area contributed by atoms with Crippen molar-refractivity contribution in [2.75, 3.05) is 39.3 Å². The average molecular weight is 834 g/mol. The maximum atomic E-state index is 12.9. The van der Waals surface area contributed by atoms with Gasteiger partial charge in [0.15, 0.2) is 5.78 Å². The van der Waals surface area contributed by atoms with Crippen LogP contribution in [-0.4, -0.2) is 91.3 Å². The fourth-order valence-corrected chi connectivity index (χ4v) is 7.01. The first-order chi connectivity index (χ1) is 28.7. The van der Waals surface area contributed by atoms with E-state index in [-0.39, 0.29) is 36.6 Å². The number of hydrogen-bond acceptors (Lipinski definition) is 7. The monoisotopic (exact) mass is 834 g/mol. The van der Waals surface area contributed by atoms with Crippen molar-refractivity contribution in [2.45, 2.75) is 156 Å². The van der Waals surface area contributed by atoms with Crippen LogP contribution < -0.4 is 21.3 Å². The lowest BCUT2D eigenvalue weighted by atomic mass is 9.93. The summed E-state index contributed by atoms with van der Waals surface area (Å²) in [4.78, 5) is 65.7. The molecule has 0 radical (unpaired) electrons. The molecule has 2 aromatic carbocycles. The molecule has 2 aromatic rings. The van der Waals surface area contributed by atoms with Crippen LogP contribution in [0, 0.1) is 18.8 Å². The van der Waals surface area contributed by atoms with Crippen LogP contribution in [0.5, 0.6) is 0 Å². The van der Waals surface area contributed by atoms with Crippen molar-refractivity contribution in [1.29, 1.82) is 0 Å². The lowest BCUT2D eigenvalue weighted by molar-refractivity contribution is -0.132. The molecular weight excluding hydrogens is 755 g/mol. The smallest absolute Gasteiger partial charge is 0.243 e. The number of ether oxygens (including phenoxy) is 1. The Morgan fingerprint density at radius 3 is 1.67 bits per heavy atom. The number of aryl methyl sites for hydroxylation is 2. The first kappa shape index (κ1) is 52.0. The van der Waals surface area contributed by atoms with Gasteiger partial charge in [0, 0.05) is 6.42 Å². The molecule has 0 spiro atoms. The van der Waals surface area contributed by atoms with Gasteiger partial charge in [-0.2, -0.15) is 0 Å². The molecule has 11 nitrogen and oxygen atoms in total. The van der Waals surface area contributed by atoms with Gasteiger partial charge in [-0.25, -0.2) is 0 Å². The van der Waals surface area contributed by atoms with Crippen molar-refractivity contribution in [3.63, 3.8) is 0 Å². The summed E-state index contributed by atoms with van der Waals surface area (Å²) in [5.74, 6) is -1.50. The maximum Gasteiger partial charge on any atom is 0.243 e.